The second-order valence-corrected chi connectivity index (χ2v) is 5.58. The molecular weight excluding hydrogens is 314 g/mol. The molecule has 0 unspecified atom stereocenters. The van der Waals surface area contributed by atoms with Gasteiger partial charge < -0.3 is 9.30 Å². The first kappa shape index (κ1) is 16.5. The smallest absolute Gasteiger partial charge is 0.337 e. The van der Waals surface area contributed by atoms with Crippen molar-refractivity contribution in [1.82, 2.24) is 9.55 Å². The first-order valence-corrected chi connectivity index (χ1v) is 7.89. The van der Waals surface area contributed by atoms with E-state index in [9.17, 15) is 4.79 Å². The Labute approximate surface area is 145 Å². The summed E-state index contributed by atoms with van der Waals surface area (Å²) in [6, 6.07) is 11.4. The zero-order valence-corrected chi connectivity index (χ0v) is 13.8. The van der Waals surface area contributed by atoms with E-state index >= 15 is 0 Å². The lowest BCUT2D eigenvalue weighted by atomic mass is 10.1. The molecule has 0 saturated heterocycles. The highest BCUT2D eigenvalue weighted by atomic mass is 16.5. The first-order chi connectivity index (χ1) is 12.2. The Bertz CT molecular complexity index is 966. The minimum atomic E-state index is -0.375. The normalized spacial score (nSPS) is 10.9. The number of hydrogen-bond donors (Lipinski definition) is 0. The van der Waals surface area contributed by atoms with E-state index in [0.29, 0.717) is 5.56 Å². The van der Waals surface area contributed by atoms with Crippen LogP contribution in [0.4, 0.5) is 0 Å². The molecule has 0 saturated carbocycles. The molecule has 0 radical (unpaired) electrons. The molecule has 25 heavy (non-hydrogen) atoms. The van der Waals surface area contributed by atoms with Crippen LogP contribution >= 0.6 is 0 Å². The number of nitrogens with zero attached hydrogens (tertiary/aromatic N) is 3. The van der Waals surface area contributed by atoms with Crippen LogP contribution in [0.3, 0.4) is 0 Å². The summed E-state index contributed by atoms with van der Waals surface area (Å²) in [5.74, 6) is -0.375. The predicted octanol–water partition coefficient (Wildman–Crippen LogP) is 3.60. The van der Waals surface area contributed by atoms with Crippen LogP contribution in [-0.2, 0) is 17.7 Å². The third-order valence-corrected chi connectivity index (χ3v) is 4.03. The van der Waals surface area contributed by atoms with Gasteiger partial charge in [0, 0.05) is 47.7 Å². The van der Waals surface area contributed by atoms with Gasteiger partial charge in [0.15, 0.2) is 0 Å². The number of allylic oxidation sites excluding steroid dienone is 1. The van der Waals surface area contributed by atoms with Gasteiger partial charge in [0.1, 0.15) is 0 Å². The zero-order valence-electron chi connectivity index (χ0n) is 13.8. The highest BCUT2D eigenvalue weighted by Gasteiger charge is 2.11. The molecule has 0 spiro atoms. The Hall–Kier alpha value is -3.39. The monoisotopic (exact) mass is 331 g/mol. The number of nitriles is 1. The highest BCUT2D eigenvalue weighted by molar-refractivity contribution is 5.97. The highest BCUT2D eigenvalue weighted by Crippen LogP contribution is 2.25. The number of fused-ring (bicyclic) bond motifs is 1. The van der Waals surface area contributed by atoms with E-state index in [4.69, 9.17) is 10.00 Å². The number of benzene rings is 1. The minimum Gasteiger partial charge on any atom is -0.465 e. The second kappa shape index (κ2) is 7.45. The summed E-state index contributed by atoms with van der Waals surface area (Å²) in [6.07, 6.45) is 9.65. The van der Waals surface area contributed by atoms with Crippen molar-refractivity contribution in [2.24, 2.45) is 0 Å². The summed E-state index contributed by atoms with van der Waals surface area (Å²) >= 11 is 0. The fourth-order valence-electron chi connectivity index (χ4n) is 2.81. The zero-order chi connectivity index (χ0) is 17.6. The van der Waals surface area contributed by atoms with Crippen LogP contribution < -0.4 is 0 Å². The molecular formula is C20H17N3O2. The molecule has 124 valence electrons. The maximum atomic E-state index is 11.8. The van der Waals surface area contributed by atoms with Gasteiger partial charge in [-0.2, -0.15) is 5.26 Å². The fourth-order valence-corrected chi connectivity index (χ4v) is 2.81. The summed E-state index contributed by atoms with van der Waals surface area (Å²) in [7, 11) is 1.36. The summed E-state index contributed by atoms with van der Waals surface area (Å²) in [5, 5.41) is 9.73. The van der Waals surface area contributed by atoms with Crippen molar-refractivity contribution in [3.8, 4) is 6.07 Å². The molecule has 0 amide bonds. The Morgan fingerprint density at radius 2 is 2.28 bits per heavy atom. The summed E-state index contributed by atoms with van der Waals surface area (Å²) in [4.78, 5) is 15.9. The molecule has 0 atom stereocenters. The van der Waals surface area contributed by atoms with E-state index in [1.54, 1.807) is 24.4 Å². The van der Waals surface area contributed by atoms with Crippen LogP contribution in [-0.4, -0.2) is 22.6 Å². The molecule has 0 aliphatic heterocycles. The van der Waals surface area contributed by atoms with Gasteiger partial charge in [-0.15, -0.1) is 0 Å². The molecule has 5 heteroatoms. The number of aromatic nitrogens is 2. The SMILES string of the molecule is COC(=O)c1ccc2c(c1)c(C=CC#N)cn2CCc1cccnc1. The van der Waals surface area contributed by atoms with E-state index in [0.717, 1.165) is 35.0 Å². The van der Waals surface area contributed by atoms with Gasteiger partial charge in [0.25, 0.3) is 0 Å². The van der Waals surface area contributed by atoms with Crippen LogP contribution in [0, 0.1) is 11.3 Å². The third kappa shape index (κ3) is 3.59. The van der Waals surface area contributed by atoms with Crippen LogP contribution in [0.15, 0.2) is 55.0 Å². The van der Waals surface area contributed by atoms with Crippen molar-refractivity contribution < 1.29 is 9.53 Å². The lowest BCUT2D eigenvalue weighted by Gasteiger charge is -2.06. The van der Waals surface area contributed by atoms with Gasteiger partial charge >= 0.3 is 5.97 Å². The molecule has 3 rings (SSSR count). The van der Waals surface area contributed by atoms with Crippen molar-refractivity contribution in [2.45, 2.75) is 13.0 Å². The first-order valence-electron chi connectivity index (χ1n) is 7.89. The van der Waals surface area contributed by atoms with Crippen molar-refractivity contribution in [2.75, 3.05) is 7.11 Å². The van der Waals surface area contributed by atoms with Gasteiger partial charge in [-0.3, -0.25) is 4.98 Å². The summed E-state index contributed by atoms with van der Waals surface area (Å²) in [6.45, 7) is 0.778. The lowest BCUT2D eigenvalue weighted by Crippen LogP contribution is -2.02. The second-order valence-electron chi connectivity index (χ2n) is 5.58. The number of rotatable bonds is 5. The van der Waals surface area contributed by atoms with E-state index < -0.39 is 0 Å². The number of carbonyl (C=O) groups excluding carboxylic acids is 1. The standard InChI is InChI=1S/C20H17N3O2/c1-25-20(24)16-6-7-19-18(12-16)17(5-2-9-21)14-23(19)11-8-15-4-3-10-22-13-15/h2-7,10,12-14H,8,11H2,1H3. The molecule has 3 aromatic rings. The number of carbonyl (C=O) groups is 1. The van der Waals surface area contributed by atoms with Gasteiger partial charge in [-0.05, 0) is 42.3 Å². The fraction of sp³-hybridized carbons (Fsp3) is 0.150. The molecule has 2 aromatic heterocycles. The number of pyridine rings is 1. The predicted molar refractivity (Wildman–Crippen MR) is 95.9 cm³/mol. The minimum absolute atomic E-state index is 0.375. The molecule has 5 nitrogen and oxygen atoms in total. The number of hydrogen-bond acceptors (Lipinski definition) is 4. The summed E-state index contributed by atoms with van der Waals surface area (Å²) < 4.78 is 6.92. The topological polar surface area (TPSA) is 67.9 Å². The van der Waals surface area contributed by atoms with E-state index in [1.807, 2.05) is 36.7 Å². The largest absolute Gasteiger partial charge is 0.465 e. The average Bonchev–Trinajstić information content (AvgIpc) is 3.02. The molecule has 1 aromatic carbocycles. The van der Waals surface area contributed by atoms with E-state index in [-0.39, 0.29) is 5.97 Å². The number of ether oxygens (including phenoxy) is 1. The Morgan fingerprint density at radius 3 is 3.00 bits per heavy atom. The van der Waals surface area contributed by atoms with Crippen LogP contribution in [0.5, 0.6) is 0 Å². The van der Waals surface area contributed by atoms with Crippen molar-refractivity contribution >= 4 is 22.9 Å². The number of aryl methyl sites for hydroxylation is 2. The van der Waals surface area contributed by atoms with Crippen molar-refractivity contribution in [1.29, 1.82) is 5.26 Å². The maximum Gasteiger partial charge on any atom is 0.337 e. The number of esters is 1. The molecule has 0 N–H and O–H groups in total. The Morgan fingerprint density at radius 1 is 1.40 bits per heavy atom. The Kier molecular flexibility index (Phi) is 4.91. The van der Waals surface area contributed by atoms with E-state index in [2.05, 4.69) is 9.55 Å². The summed E-state index contributed by atoms with van der Waals surface area (Å²) in [5.41, 5.74) is 3.55. The molecule has 2 heterocycles. The van der Waals surface area contributed by atoms with Gasteiger partial charge in [-0.1, -0.05) is 6.07 Å². The van der Waals surface area contributed by atoms with Crippen LogP contribution in [0.1, 0.15) is 21.5 Å². The van der Waals surface area contributed by atoms with Crippen LogP contribution in [0.25, 0.3) is 17.0 Å². The van der Waals surface area contributed by atoms with Gasteiger partial charge in [0.2, 0.25) is 0 Å². The van der Waals surface area contributed by atoms with Gasteiger partial charge in [-0.25, -0.2) is 4.79 Å². The molecule has 0 fully saturated rings. The lowest BCUT2D eigenvalue weighted by molar-refractivity contribution is 0.0601. The maximum absolute atomic E-state index is 11.8. The molecule has 0 bridgehead atoms. The Balaban J connectivity index is 1.99. The van der Waals surface area contributed by atoms with Crippen molar-refractivity contribution in [3.63, 3.8) is 0 Å². The van der Waals surface area contributed by atoms with Crippen LogP contribution in [0.2, 0.25) is 0 Å². The molecule has 0 aliphatic carbocycles. The quantitative estimate of drug-likeness (QED) is 0.529. The number of methoxy groups -OCH3 is 1. The molecule has 0 aliphatic rings. The third-order valence-electron chi connectivity index (χ3n) is 4.03. The van der Waals surface area contributed by atoms with E-state index in [1.165, 1.54) is 13.2 Å². The average molecular weight is 331 g/mol. The van der Waals surface area contributed by atoms with Crippen molar-refractivity contribution in [3.05, 3.63) is 71.7 Å². The van der Waals surface area contributed by atoms with Gasteiger partial charge in [0.05, 0.1) is 18.7 Å².